The first-order chi connectivity index (χ1) is 16.9. The zero-order valence-corrected chi connectivity index (χ0v) is 19.6. The number of ether oxygens (including phenoxy) is 2. The maximum Gasteiger partial charge on any atom is 0.255 e. The molecule has 2 aromatic carbocycles. The van der Waals surface area contributed by atoms with Gasteiger partial charge >= 0.3 is 0 Å². The molecule has 1 saturated heterocycles. The predicted octanol–water partition coefficient (Wildman–Crippen LogP) is 3.56. The van der Waals surface area contributed by atoms with Crippen LogP contribution in [0.25, 0.3) is 0 Å². The number of hydrogen-bond donors (Lipinski definition) is 0. The van der Waals surface area contributed by atoms with Crippen LogP contribution in [0, 0.1) is 5.82 Å². The largest absolute Gasteiger partial charge is 0.490 e. The fourth-order valence-electron chi connectivity index (χ4n) is 4.04. The number of halogens is 1. The second kappa shape index (κ2) is 11.1. The maximum absolute atomic E-state index is 13.3. The Balaban J connectivity index is 1.51. The third-order valence-electron chi connectivity index (χ3n) is 5.92. The van der Waals surface area contributed by atoms with E-state index >= 15 is 0 Å². The van der Waals surface area contributed by atoms with Gasteiger partial charge in [-0.1, -0.05) is 30.3 Å². The predicted molar refractivity (Wildman–Crippen MR) is 128 cm³/mol. The molecule has 0 radical (unpaired) electrons. The summed E-state index contributed by atoms with van der Waals surface area (Å²) in [6.45, 7) is 1.30. The van der Waals surface area contributed by atoms with Crippen molar-refractivity contribution in [3.63, 3.8) is 0 Å². The van der Waals surface area contributed by atoms with Crippen molar-refractivity contribution in [1.29, 1.82) is 0 Å². The number of carbonyl (C=O) groups is 2. The minimum Gasteiger partial charge on any atom is -0.490 e. The second-order valence-electron chi connectivity index (χ2n) is 8.65. The zero-order chi connectivity index (χ0) is 24.7. The van der Waals surface area contributed by atoms with Gasteiger partial charge in [-0.15, -0.1) is 0 Å². The van der Waals surface area contributed by atoms with E-state index in [0.29, 0.717) is 24.4 Å². The SMILES string of the molecule is CN(Cc1ccccc1)C(=O)C[C@@]1(COc2ccc(F)cc2)CN(C(=O)c2cccnc2)CCO1. The van der Waals surface area contributed by atoms with E-state index < -0.39 is 5.60 Å². The highest BCUT2D eigenvalue weighted by atomic mass is 19.1. The lowest BCUT2D eigenvalue weighted by Crippen LogP contribution is -2.58. The van der Waals surface area contributed by atoms with Crippen LogP contribution < -0.4 is 4.74 Å². The standard InChI is InChI=1S/C27H28FN3O4/c1-30(18-21-6-3-2-4-7-21)25(32)16-27(20-34-24-11-9-23(28)10-12-24)19-31(14-15-35-27)26(33)22-8-5-13-29-17-22/h2-13,17H,14-16,18-20H2,1H3/t27-/m0/s1. The molecule has 0 bridgehead atoms. The number of nitrogens with zero attached hydrogens (tertiary/aromatic N) is 3. The maximum atomic E-state index is 13.3. The van der Waals surface area contributed by atoms with Crippen molar-refractivity contribution in [3.05, 3.63) is 96.1 Å². The first kappa shape index (κ1) is 24.3. The molecule has 1 fully saturated rings. The minimum atomic E-state index is -1.06. The molecule has 3 aromatic rings. The third-order valence-corrected chi connectivity index (χ3v) is 5.92. The third kappa shape index (κ3) is 6.42. The Morgan fingerprint density at radius 3 is 2.60 bits per heavy atom. The summed E-state index contributed by atoms with van der Waals surface area (Å²) >= 11 is 0. The fourth-order valence-corrected chi connectivity index (χ4v) is 4.04. The minimum absolute atomic E-state index is 0.0222. The molecule has 0 unspecified atom stereocenters. The molecule has 182 valence electrons. The molecule has 1 aliphatic rings. The summed E-state index contributed by atoms with van der Waals surface area (Å²) in [6.07, 6.45) is 3.15. The van der Waals surface area contributed by atoms with Crippen LogP contribution in [0.3, 0.4) is 0 Å². The summed E-state index contributed by atoms with van der Waals surface area (Å²) in [5.74, 6) is -0.230. The molecular weight excluding hydrogens is 449 g/mol. The van der Waals surface area contributed by atoms with Gasteiger partial charge in [0.2, 0.25) is 5.91 Å². The van der Waals surface area contributed by atoms with Crippen molar-refractivity contribution in [3.8, 4) is 5.75 Å². The van der Waals surface area contributed by atoms with E-state index in [2.05, 4.69) is 4.98 Å². The van der Waals surface area contributed by atoms with Gasteiger partial charge in [-0.25, -0.2) is 4.39 Å². The van der Waals surface area contributed by atoms with Crippen LogP contribution in [-0.4, -0.2) is 65.6 Å². The van der Waals surface area contributed by atoms with E-state index in [0.717, 1.165) is 5.56 Å². The number of pyridine rings is 1. The Morgan fingerprint density at radius 2 is 1.89 bits per heavy atom. The molecule has 2 heterocycles. The molecule has 0 aliphatic carbocycles. The molecule has 2 amide bonds. The van der Waals surface area contributed by atoms with Crippen LogP contribution in [0.1, 0.15) is 22.3 Å². The van der Waals surface area contributed by atoms with Crippen molar-refractivity contribution in [2.45, 2.75) is 18.6 Å². The van der Waals surface area contributed by atoms with E-state index in [4.69, 9.17) is 9.47 Å². The number of rotatable bonds is 8. The van der Waals surface area contributed by atoms with Crippen molar-refractivity contribution < 1.29 is 23.5 Å². The van der Waals surface area contributed by atoms with Gasteiger partial charge in [0.25, 0.3) is 5.91 Å². The number of hydrogen-bond acceptors (Lipinski definition) is 5. The highest BCUT2D eigenvalue weighted by Crippen LogP contribution is 2.26. The molecule has 1 aromatic heterocycles. The fraction of sp³-hybridized carbons (Fsp3) is 0.296. The van der Waals surface area contributed by atoms with Gasteiger partial charge in [0.15, 0.2) is 0 Å². The topological polar surface area (TPSA) is 72.0 Å². The van der Waals surface area contributed by atoms with Crippen LogP contribution in [0.15, 0.2) is 79.1 Å². The lowest BCUT2D eigenvalue weighted by Gasteiger charge is -2.42. The zero-order valence-electron chi connectivity index (χ0n) is 19.6. The van der Waals surface area contributed by atoms with Gasteiger partial charge in [0.1, 0.15) is 23.8 Å². The summed E-state index contributed by atoms with van der Waals surface area (Å²) in [6, 6.07) is 18.8. The molecular formula is C27H28FN3O4. The summed E-state index contributed by atoms with van der Waals surface area (Å²) in [5.41, 5.74) is 0.417. The van der Waals surface area contributed by atoms with Crippen LogP contribution in [0.5, 0.6) is 5.75 Å². The smallest absolute Gasteiger partial charge is 0.255 e. The monoisotopic (exact) mass is 477 g/mol. The Kier molecular flexibility index (Phi) is 7.72. The molecule has 0 saturated carbocycles. The Bertz CT molecular complexity index is 1130. The quantitative estimate of drug-likeness (QED) is 0.496. The summed E-state index contributed by atoms with van der Waals surface area (Å²) in [4.78, 5) is 33.7. The number of carbonyl (C=O) groups excluding carboxylic acids is 2. The summed E-state index contributed by atoms with van der Waals surface area (Å²) in [5, 5.41) is 0. The normalized spacial score (nSPS) is 17.6. The van der Waals surface area contributed by atoms with E-state index in [9.17, 15) is 14.0 Å². The molecule has 0 N–H and O–H groups in total. The van der Waals surface area contributed by atoms with Crippen molar-refractivity contribution in [2.24, 2.45) is 0 Å². The lowest BCUT2D eigenvalue weighted by atomic mass is 9.96. The van der Waals surface area contributed by atoms with E-state index in [1.807, 2.05) is 30.3 Å². The van der Waals surface area contributed by atoms with Crippen LogP contribution in [0.4, 0.5) is 4.39 Å². The van der Waals surface area contributed by atoms with Crippen LogP contribution in [0.2, 0.25) is 0 Å². The molecule has 1 aliphatic heterocycles. The van der Waals surface area contributed by atoms with E-state index in [1.165, 1.54) is 30.5 Å². The highest BCUT2D eigenvalue weighted by molar-refractivity contribution is 5.94. The van der Waals surface area contributed by atoms with Gasteiger partial charge in [-0.3, -0.25) is 14.6 Å². The number of morpholine rings is 1. The molecule has 0 spiro atoms. The first-order valence-corrected chi connectivity index (χ1v) is 11.4. The average molecular weight is 478 g/mol. The van der Waals surface area contributed by atoms with E-state index in [-0.39, 0.29) is 43.8 Å². The van der Waals surface area contributed by atoms with Crippen LogP contribution >= 0.6 is 0 Å². The van der Waals surface area contributed by atoms with Gasteiger partial charge in [-0.2, -0.15) is 0 Å². The average Bonchev–Trinajstić information content (AvgIpc) is 2.89. The summed E-state index contributed by atoms with van der Waals surface area (Å²) in [7, 11) is 1.74. The van der Waals surface area contributed by atoms with Crippen LogP contribution in [-0.2, 0) is 16.1 Å². The van der Waals surface area contributed by atoms with Gasteiger partial charge in [0.05, 0.1) is 25.1 Å². The first-order valence-electron chi connectivity index (χ1n) is 11.4. The van der Waals surface area contributed by atoms with Crippen molar-refractivity contribution in [1.82, 2.24) is 14.8 Å². The Labute approximate surface area is 204 Å². The van der Waals surface area contributed by atoms with E-state index in [1.54, 1.807) is 35.2 Å². The van der Waals surface area contributed by atoms with Crippen molar-refractivity contribution >= 4 is 11.8 Å². The lowest BCUT2D eigenvalue weighted by molar-refractivity contribution is -0.152. The number of amides is 2. The second-order valence-corrected chi connectivity index (χ2v) is 8.65. The van der Waals surface area contributed by atoms with Crippen molar-refractivity contribution in [2.75, 3.05) is 33.4 Å². The highest BCUT2D eigenvalue weighted by Gasteiger charge is 2.42. The molecule has 7 nitrogen and oxygen atoms in total. The molecule has 8 heteroatoms. The Morgan fingerprint density at radius 1 is 1.11 bits per heavy atom. The molecule has 1 atom stereocenters. The summed E-state index contributed by atoms with van der Waals surface area (Å²) < 4.78 is 25.4. The number of benzene rings is 2. The Hall–Kier alpha value is -3.78. The van der Waals surface area contributed by atoms with Gasteiger partial charge < -0.3 is 19.3 Å². The number of aromatic nitrogens is 1. The van der Waals surface area contributed by atoms with Gasteiger partial charge in [-0.05, 0) is 42.0 Å². The molecule has 4 rings (SSSR count). The molecule has 35 heavy (non-hydrogen) atoms. The van der Waals surface area contributed by atoms with Gasteiger partial charge in [0, 0.05) is 32.5 Å².